The summed E-state index contributed by atoms with van der Waals surface area (Å²) in [7, 11) is 0. The normalized spacial score (nSPS) is 14.0. The van der Waals surface area contributed by atoms with E-state index in [9.17, 15) is 0 Å². The Kier molecular flexibility index (Phi) is 4.55. The Labute approximate surface area is 145 Å². The minimum absolute atomic E-state index is 0.558. The molecule has 0 atom stereocenters. The Hall–Kier alpha value is -2.21. The van der Waals surface area contributed by atoms with Crippen LogP contribution in [0, 0.1) is 0 Å². The molecule has 1 aliphatic rings. The van der Waals surface area contributed by atoms with Crippen LogP contribution in [0.5, 0.6) is 5.75 Å². The van der Waals surface area contributed by atoms with E-state index >= 15 is 0 Å². The van der Waals surface area contributed by atoms with Crippen LogP contribution in [0.15, 0.2) is 58.3 Å². The van der Waals surface area contributed by atoms with Crippen LogP contribution in [0.1, 0.15) is 30.3 Å². The zero-order valence-corrected chi connectivity index (χ0v) is 14.1. The Morgan fingerprint density at radius 3 is 2.75 bits per heavy atom. The van der Waals surface area contributed by atoms with Crippen molar-refractivity contribution in [1.82, 2.24) is 14.8 Å². The number of rotatable bonds is 8. The van der Waals surface area contributed by atoms with E-state index in [0.29, 0.717) is 19.1 Å². The lowest BCUT2D eigenvalue weighted by Gasteiger charge is -2.09. The standard InChI is InChI=1S/C18H19N3O2S/c1-2-5-15(6-3-1)23-11-12-24-18-20-19-17(14-8-9-14)21(18)13-16-7-4-10-22-16/h1-7,10,14H,8-9,11-13H2. The summed E-state index contributed by atoms with van der Waals surface area (Å²) < 4.78 is 13.4. The smallest absolute Gasteiger partial charge is 0.191 e. The summed E-state index contributed by atoms with van der Waals surface area (Å²) in [6.45, 7) is 1.33. The van der Waals surface area contributed by atoms with E-state index in [4.69, 9.17) is 9.15 Å². The van der Waals surface area contributed by atoms with Gasteiger partial charge in [0.2, 0.25) is 0 Å². The van der Waals surface area contributed by atoms with Gasteiger partial charge >= 0.3 is 0 Å². The topological polar surface area (TPSA) is 53.1 Å². The molecule has 0 amide bonds. The van der Waals surface area contributed by atoms with Crippen LogP contribution in [0.2, 0.25) is 0 Å². The summed E-state index contributed by atoms with van der Waals surface area (Å²) in [5, 5.41) is 9.72. The first-order valence-corrected chi connectivity index (χ1v) is 9.15. The molecule has 1 aromatic carbocycles. The molecule has 1 saturated carbocycles. The minimum atomic E-state index is 0.558. The van der Waals surface area contributed by atoms with E-state index < -0.39 is 0 Å². The molecule has 0 saturated heterocycles. The fraction of sp³-hybridized carbons (Fsp3) is 0.333. The average molecular weight is 341 g/mol. The zero-order valence-electron chi connectivity index (χ0n) is 13.3. The number of hydrogen-bond donors (Lipinski definition) is 0. The van der Waals surface area contributed by atoms with Crippen molar-refractivity contribution >= 4 is 11.8 Å². The second-order valence-corrected chi connectivity index (χ2v) is 6.85. The molecule has 3 aromatic rings. The lowest BCUT2D eigenvalue weighted by Crippen LogP contribution is -2.07. The van der Waals surface area contributed by atoms with Crippen LogP contribution in [0.4, 0.5) is 0 Å². The monoisotopic (exact) mass is 341 g/mol. The summed E-state index contributed by atoms with van der Waals surface area (Å²) in [4.78, 5) is 0. The number of furan rings is 1. The largest absolute Gasteiger partial charge is 0.493 e. The van der Waals surface area contributed by atoms with E-state index in [2.05, 4.69) is 14.8 Å². The molecule has 1 fully saturated rings. The van der Waals surface area contributed by atoms with Crippen molar-refractivity contribution in [3.05, 3.63) is 60.3 Å². The highest BCUT2D eigenvalue weighted by atomic mass is 32.2. The second kappa shape index (κ2) is 7.13. The van der Waals surface area contributed by atoms with E-state index in [1.165, 1.54) is 12.8 Å². The third kappa shape index (κ3) is 3.64. The lowest BCUT2D eigenvalue weighted by atomic mass is 10.3. The molecular formula is C18H19N3O2S. The van der Waals surface area contributed by atoms with Crippen molar-refractivity contribution in [2.24, 2.45) is 0 Å². The van der Waals surface area contributed by atoms with Crippen LogP contribution >= 0.6 is 11.8 Å². The van der Waals surface area contributed by atoms with Gasteiger partial charge in [-0.3, -0.25) is 4.57 Å². The SMILES string of the molecule is c1ccc(OCCSc2nnc(C3CC3)n2Cc2ccco2)cc1. The third-order valence-corrected chi connectivity index (χ3v) is 4.84. The molecule has 0 N–H and O–H groups in total. The molecule has 124 valence electrons. The summed E-state index contributed by atoms with van der Waals surface area (Å²) in [6, 6.07) is 13.8. The molecule has 2 heterocycles. The van der Waals surface area contributed by atoms with Crippen LogP contribution in [-0.4, -0.2) is 27.1 Å². The molecule has 0 bridgehead atoms. The van der Waals surface area contributed by atoms with Crippen molar-refractivity contribution in [2.75, 3.05) is 12.4 Å². The van der Waals surface area contributed by atoms with Crippen LogP contribution in [0.25, 0.3) is 0 Å². The summed E-state index contributed by atoms with van der Waals surface area (Å²) in [5.74, 6) is 4.30. The van der Waals surface area contributed by atoms with Gasteiger partial charge in [0.15, 0.2) is 5.16 Å². The van der Waals surface area contributed by atoms with Gasteiger partial charge in [-0.05, 0) is 37.1 Å². The maximum Gasteiger partial charge on any atom is 0.191 e. The van der Waals surface area contributed by atoms with Crippen molar-refractivity contribution in [1.29, 1.82) is 0 Å². The van der Waals surface area contributed by atoms with Crippen molar-refractivity contribution < 1.29 is 9.15 Å². The Bertz CT molecular complexity index is 767. The van der Waals surface area contributed by atoms with E-state index in [1.807, 2.05) is 42.5 Å². The molecule has 6 heteroatoms. The van der Waals surface area contributed by atoms with Gasteiger partial charge in [0.05, 0.1) is 19.4 Å². The molecule has 0 radical (unpaired) electrons. The Balaban J connectivity index is 1.39. The van der Waals surface area contributed by atoms with Gasteiger partial charge < -0.3 is 9.15 Å². The summed E-state index contributed by atoms with van der Waals surface area (Å²) in [6.07, 6.45) is 4.12. The predicted molar refractivity (Wildman–Crippen MR) is 92.5 cm³/mol. The van der Waals surface area contributed by atoms with Crippen molar-refractivity contribution in [3.63, 3.8) is 0 Å². The maximum absolute atomic E-state index is 5.74. The zero-order chi connectivity index (χ0) is 16.2. The summed E-state index contributed by atoms with van der Waals surface area (Å²) >= 11 is 1.68. The molecule has 2 aromatic heterocycles. The third-order valence-electron chi connectivity index (χ3n) is 3.91. The number of aromatic nitrogens is 3. The maximum atomic E-state index is 5.74. The molecule has 0 aliphatic heterocycles. The Morgan fingerprint density at radius 1 is 1.12 bits per heavy atom. The number of ether oxygens (including phenoxy) is 1. The average Bonchev–Trinajstić information content (AvgIpc) is 3.18. The molecular weight excluding hydrogens is 322 g/mol. The van der Waals surface area contributed by atoms with Gasteiger partial charge in [-0.2, -0.15) is 0 Å². The van der Waals surface area contributed by atoms with Crippen molar-refractivity contribution in [2.45, 2.75) is 30.5 Å². The number of thioether (sulfide) groups is 1. The van der Waals surface area contributed by atoms with E-state index in [0.717, 1.165) is 28.2 Å². The lowest BCUT2D eigenvalue weighted by molar-refractivity contribution is 0.344. The van der Waals surface area contributed by atoms with Gasteiger partial charge in [-0.15, -0.1) is 10.2 Å². The number of hydrogen-bond acceptors (Lipinski definition) is 5. The first kappa shape index (κ1) is 15.3. The molecule has 0 spiro atoms. The predicted octanol–water partition coefficient (Wildman–Crippen LogP) is 3.97. The van der Waals surface area contributed by atoms with Gasteiger partial charge in [0.1, 0.15) is 17.3 Å². The quantitative estimate of drug-likeness (QED) is 0.458. The number of nitrogens with zero attached hydrogens (tertiary/aromatic N) is 3. The molecule has 1 aliphatic carbocycles. The Morgan fingerprint density at radius 2 is 2.00 bits per heavy atom. The fourth-order valence-electron chi connectivity index (χ4n) is 2.57. The molecule has 0 unspecified atom stereocenters. The van der Waals surface area contributed by atoms with Crippen LogP contribution in [-0.2, 0) is 6.54 Å². The molecule has 5 nitrogen and oxygen atoms in total. The molecule has 24 heavy (non-hydrogen) atoms. The first-order chi connectivity index (χ1) is 11.9. The van der Waals surface area contributed by atoms with E-state index in [-0.39, 0.29) is 0 Å². The molecule has 4 rings (SSSR count). The number of para-hydroxylation sites is 1. The summed E-state index contributed by atoms with van der Waals surface area (Å²) in [5.41, 5.74) is 0. The minimum Gasteiger partial charge on any atom is -0.493 e. The fourth-order valence-corrected chi connectivity index (χ4v) is 3.33. The second-order valence-electron chi connectivity index (χ2n) is 5.79. The highest BCUT2D eigenvalue weighted by Gasteiger charge is 2.30. The van der Waals surface area contributed by atoms with Gasteiger partial charge in [0.25, 0.3) is 0 Å². The highest BCUT2D eigenvalue weighted by Crippen LogP contribution is 2.40. The highest BCUT2D eigenvalue weighted by molar-refractivity contribution is 7.99. The van der Waals surface area contributed by atoms with Gasteiger partial charge in [-0.1, -0.05) is 30.0 Å². The van der Waals surface area contributed by atoms with Crippen LogP contribution in [0.3, 0.4) is 0 Å². The van der Waals surface area contributed by atoms with Gasteiger partial charge in [-0.25, -0.2) is 0 Å². The van der Waals surface area contributed by atoms with Crippen LogP contribution < -0.4 is 4.74 Å². The first-order valence-electron chi connectivity index (χ1n) is 8.16. The van der Waals surface area contributed by atoms with Crippen molar-refractivity contribution in [3.8, 4) is 5.75 Å². The number of benzene rings is 1. The van der Waals surface area contributed by atoms with E-state index in [1.54, 1.807) is 18.0 Å². The van der Waals surface area contributed by atoms with Gasteiger partial charge in [0, 0.05) is 11.7 Å².